The molecule has 132 valence electrons. The molecule has 1 aliphatic rings. The summed E-state index contributed by atoms with van der Waals surface area (Å²) in [5.41, 5.74) is 1.82. The second-order valence-electron chi connectivity index (χ2n) is 6.98. The van der Waals surface area contributed by atoms with Crippen LogP contribution >= 0.6 is 0 Å². The zero-order valence-electron chi connectivity index (χ0n) is 15.1. The van der Waals surface area contributed by atoms with E-state index in [2.05, 4.69) is 36.5 Å². The number of nitrogens with one attached hydrogen (secondary N) is 1. The monoisotopic (exact) mass is 337 g/mol. The fraction of sp³-hybridized carbons (Fsp3) is 0.409. The van der Waals surface area contributed by atoms with Crippen LogP contribution in [0.1, 0.15) is 56.2 Å². The van der Waals surface area contributed by atoms with Gasteiger partial charge in [0, 0.05) is 0 Å². The lowest BCUT2D eigenvalue weighted by molar-refractivity contribution is -0.128. The van der Waals surface area contributed by atoms with Gasteiger partial charge in [0.2, 0.25) is 5.91 Å². The van der Waals surface area contributed by atoms with Crippen molar-refractivity contribution in [2.75, 3.05) is 7.11 Å². The molecule has 1 amide bonds. The van der Waals surface area contributed by atoms with Gasteiger partial charge in [-0.15, -0.1) is 0 Å². The predicted molar refractivity (Wildman–Crippen MR) is 101 cm³/mol. The molecule has 0 saturated heterocycles. The Hall–Kier alpha value is -2.29. The summed E-state index contributed by atoms with van der Waals surface area (Å²) in [5, 5.41) is 3.26. The first-order valence-corrected chi connectivity index (χ1v) is 9.16. The first-order valence-electron chi connectivity index (χ1n) is 9.16. The summed E-state index contributed by atoms with van der Waals surface area (Å²) >= 11 is 0. The molecule has 3 nitrogen and oxygen atoms in total. The average molecular weight is 337 g/mol. The third-order valence-corrected chi connectivity index (χ3v) is 5.43. The highest BCUT2D eigenvalue weighted by atomic mass is 16.5. The molecular formula is C22H27NO2. The van der Waals surface area contributed by atoms with Crippen molar-refractivity contribution in [3.05, 3.63) is 65.7 Å². The summed E-state index contributed by atoms with van der Waals surface area (Å²) in [6, 6.07) is 18.2. The Kier molecular flexibility index (Phi) is 5.42. The maximum Gasteiger partial charge on any atom is 0.231 e. The Morgan fingerprint density at radius 1 is 1.00 bits per heavy atom. The Balaban J connectivity index is 1.85. The minimum absolute atomic E-state index is 0.00532. The molecule has 2 aromatic carbocycles. The van der Waals surface area contributed by atoms with Gasteiger partial charge in [-0.3, -0.25) is 4.79 Å². The van der Waals surface area contributed by atoms with Crippen molar-refractivity contribution in [1.82, 2.24) is 5.32 Å². The number of ether oxygens (including phenoxy) is 1. The summed E-state index contributed by atoms with van der Waals surface area (Å²) in [6.07, 6.45) is 5.22. The molecule has 1 fully saturated rings. The third kappa shape index (κ3) is 3.71. The number of hydrogen-bond donors (Lipinski definition) is 1. The van der Waals surface area contributed by atoms with Crippen LogP contribution in [0.3, 0.4) is 0 Å². The average Bonchev–Trinajstić information content (AvgIpc) is 2.69. The summed E-state index contributed by atoms with van der Waals surface area (Å²) in [6.45, 7) is 2.05. The van der Waals surface area contributed by atoms with Crippen LogP contribution in [0.4, 0.5) is 0 Å². The number of carbonyl (C=O) groups is 1. The molecule has 0 radical (unpaired) electrons. The van der Waals surface area contributed by atoms with E-state index in [-0.39, 0.29) is 11.9 Å². The zero-order valence-corrected chi connectivity index (χ0v) is 15.1. The predicted octanol–water partition coefficient (Wildman–Crippen LogP) is 4.77. The molecular weight excluding hydrogens is 310 g/mol. The van der Waals surface area contributed by atoms with E-state index >= 15 is 0 Å². The van der Waals surface area contributed by atoms with Crippen LogP contribution in [0.2, 0.25) is 0 Å². The molecule has 1 N–H and O–H groups in total. The van der Waals surface area contributed by atoms with Crippen LogP contribution in [0.5, 0.6) is 5.75 Å². The van der Waals surface area contributed by atoms with Crippen LogP contribution in [0, 0.1) is 0 Å². The Labute approximate surface area is 150 Å². The fourth-order valence-electron chi connectivity index (χ4n) is 3.87. The van der Waals surface area contributed by atoms with Crippen molar-refractivity contribution in [3.63, 3.8) is 0 Å². The van der Waals surface area contributed by atoms with Gasteiger partial charge in [0.25, 0.3) is 0 Å². The van der Waals surface area contributed by atoms with Crippen LogP contribution in [0.15, 0.2) is 54.6 Å². The number of methoxy groups -OCH3 is 1. The zero-order chi connectivity index (χ0) is 17.7. The van der Waals surface area contributed by atoms with E-state index in [0.29, 0.717) is 0 Å². The SMILES string of the molecule is COc1ccc(C2(C(=O)N[C@@H](C)c3ccccc3)CCCCC2)cc1. The lowest BCUT2D eigenvalue weighted by Crippen LogP contribution is -2.46. The van der Waals surface area contributed by atoms with E-state index in [0.717, 1.165) is 42.6 Å². The molecule has 25 heavy (non-hydrogen) atoms. The largest absolute Gasteiger partial charge is 0.497 e. The minimum Gasteiger partial charge on any atom is -0.497 e. The van der Waals surface area contributed by atoms with E-state index in [4.69, 9.17) is 4.74 Å². The third-order valence-electron chi connectivity index (χ3n) is 5.43. The van der Waals surface area contributed by atoms with Gasteiger partial charge in [-0.1, -0.05) is 61.7 Å². The highest BCUT2D eigenvalue weighted by Gasteiger charge is 2.41. The smallest absolute Gasteiger partial charge is 0.231 e. The molecule has 0 aliphatic heterocycles. The first-order chi connectivity index (χ1) is 12.2. The summed E-state index contributed by atoms with van der Waals surface area (Å²) in [7, 11) is 1.67. The highest BCUT2D eigenvalue weighted by Crippen LogP contribution is 2.40. The Bertz CT molecular complexity index is 688. The normalized spacial score (nSPS) is 17.5. The quantitative estimate of drug-likeness (QED) is 0.853. The molecule has 0 aromatic heterocycles. The molecule has 3 rings (SSSR count). The molecule has 2 aromatic rings. The Morgan fingerprint density at radius 2 is 1.64 bits per heavy atom. The summed E-state index contributed by atoms with van der Waals surface area (Å²) < 4.78 is 5.27. The summed E-state index contributed by atoms with van der Waals surface area (Å²) in [4.78, 5) is 13.3. The number of hydrogen-bond acceptors (Lipinski definition) is 2. The van der Waals surface area contributed by atoms with E-state index in [1.165, 1.54) is 6.42 Å². The number of rotatable bonds is 5. The first kappa shape index (κ1) is 17.5. The van der Waals surface area contributed by atoms with Crippen LogP contribution < -0.4 is 10.1 Å². The number of carbonyl (C=O) groups excluding carboxylic acids is 1. The molecule has 1 aliphatic carbocycles. The maximum absolute atomic E-state index is 13.3. The second-order valence-corrected chi connectivity index (χ2v) is 6.98. The van der Waals surface area contributed by atoms with Crippen molar-refractivity contribution >= 4 is 5.91 Å². The van der Waals surface area contributed by atoms with E-state index < -0.39 is 5.41 Å². The van der Waals surface area contributed by atoms with E-state index in [1.54, 1.807) is 7.11 Å². The molecule has 0 spiro atoms. The second kappa shape index (κ2) is 7.73. The van der Waals surface area contributed by atoms with Crippen molar-refractivity contribution < 1.29 is 9.53 Å². The minimum atomic E-state index is -0.423. The van der Waals surface area contributed by atoms with Gasteiger partial charge in [-0.2, -0.15) is 0 Å². The van der Waals surface area contributed by atoms with Crippen LogP contribution in [0.25, 0.3) is 0 Å². The van der Waals surface area contributed by atoms with Gasteiger partial charge in [0.15, 0.2) is 0 Å². The summed E-state index contributed by atoms with van der Waals surface area (Å²) in [5.74, 6) is 0.974. The van der Waals surface area contributed by atoms with E-state index in [1.807, 2.05) is 30.3 Å². The lowest BCUT2D eigenvalue weighted by atomic mass is 9.68. The van der Waals surface area contributed by atoms with Gasteiger partial charge in [0.1, 0.15) is 5.75 Å². The van der Waals surface area contributed by atoms with Crippen molar-refractivity contribution in [2.45, 2.75) is 50.5 Å². The van der Waals surface area contributed by atoms with Crippen molar-refractivity contribution in [1.29, 1.82) is 0 Å². The van der Waals surface area contributed by atoms with Crippen molar-refractivity contribution in [2.24, 2.45) is 0 Å². The molecule has 0 bridgehead atoms. The lowest BCUT2D eigenvalue weighted by Gasteiger charge is -2.37. The Morgan fingerprint density at radius 3 is 2.24 bits per heavy atom. The van der Waals surface area contributed by atoms with Gasteiger partial charge in [-0.05, 0) is 43.0 Å². The van der Waals surface area contributed by atoms with Crippen molar-refractivity contribution in [3.8, 4) is 5.75 Å². The molecule has 1 atom stereocenters. The van der Waals surface area contributed by atoms with Gasteiger partial charge < -0.3 is 10.1 Å². The van der Waals surface area contributed by atoms with Crippen LogP contribution in [-0.2, 0) is 10.2 Å². The standard InChI is InChI=1S/C22H27NO2/c1-17(18-9-5-3-6-10-18)23-21(24)22(15-7-4-8-16-22)19-11-13-20(25-2)14-12-19/h3,5-6,9-14,17H,4,7-8,15-16H2,1-2H3,(H,23,24)/t17-/m0/s1. The van der Waals surface area contributed by atoms with Gasteiger partial charge in [-0.25, -0.2) is 0 Å². The van der Waals surface area contributed by atoms with Crippen LogP contribution in [-0.4, -0.2) is 13.0 Å². The highest BCUT2D eigenvalue weighted by molar-refractivity contribution is 5.88. The molecule has 0 heterocycles. The molecule has 3 heteroatoms. The fourth-order valence-corrected chi connectivity index (χ4v) is 3.87. The van der Waals surface area contributed by atoms with Gasteiger partial charge in [0.05, 0.1) is 18.6 Å². The van der Waals surface area contributed by atoms with Gasteiger partial charge >= 0.3 is 0 Å². The number of amides is 1. The number of benzene rings is 2. The topological polar surface area (TPSA) is 38.3 Å². The maximum atomic E-state index is 13.3. The van der Waals surface area contributed by atoms with E-state index in [9.17, 15) is 4.79 Å². The molecule has 0 unspecified atom stereocenters. The molecule has 1 saturated carbocycles.